The summed E-state index contributed by atoms with van der Waals surface area (Å²) < 4.78 is 6.32. The molecule has 0 N–H and O–H groups in total. The lowest BCUT2D eigenvalue weighted by Crippen LogP contribution is -2.66. The Hall–Kier alpha value is -1.12. The first-order chi connectivity index (χ1) is 21.0. The van der Waals surface area contributed by atoms with Gasteiger partial charge in [0.05, 0.1) is 0 Å². The van der Waals surface area contributed by atoms with Gasteiger partial charge in [-0.3, -0.25) is 9.59 Å². The van der Waals surface area contributed by atoms with Crippen LogP contribution in [-0.4, -0.2) is 17.9 Å². The summed E-state index contributed by atoms with van der Waals surface area (Å²) in [5, 5.41) is 0. The number of unbranched alkanes of at least 4 members (excludes halogenated alkanes) is 8. The Labute approximate surface area is 277 Å². The van der Waals surface area contributed by atoms with E-state index in [1.807, 2.05) is 0 Å². The Balaban J connectivity index is 1.26. The Morgan fingerprint density at radius 1 is 0.778 bits per heavy atom. The summed E-state index contributed by atoms with van der Waals surface area (Å²) in [4.78, 5) is 27.7. The van der Waals surface area contributed by atoms with Crippen LogP contribution in [-0.2, 0) is 14.3 Å². The van der Waals surface area contributed by atoms with Crippen LogP contribution in [0.15, 0.2) is 11.6 Å². The lowest BCUT2D eigenvalue weighted by atomic mass is 9.33. The summed E-state index contributed by atoms with van der Waals surface area (Å²) in [5.41, 5.74) is 2.08. The standard InChI is InChI=1S/C42H70O3/c1-10-11-12-13-14-15-16-17-18-19-35(44)45-34-21-22-40(7)33(38(34,4)5)20-23-42(9)36(40)32(43)28-30-31-29-37(2,3)24-25-39(31,6)26-27-41(30,42)8/h28,31,33-34,36H,10-27,29H2,1-9H3/t31-,33-,34-,36+,39+,40-,41+,42+/m0/s1. The maximum Gasteiger partial charge on any atom is 0.306 e. The van der Waals surface area contributed by atoms with Crippen LogP contribution in [0.1, 0.15) is 184 Å². The molecule has 5 rings (SSSR count). The number of hydrogen-bond donors (Lipinski definition) is 0. The van der Waals surface area contributed by atoms with Crippen LogP contribution < -0.4 is 0 Å². The number of hydrogen-bond acceptors (Lipinski definition) is 3. The molecule has 4 saturated carbocycles. The lowest BCUT2D eigenvalue weighted by Gasteiger charge is -2.70. The fourth-order valence-electron chi connectivity index (χ4n) is 12.3. The molecule has 5 aliphatic rings. The molecule has 0 heterocycles. The van der Waals surface area contributed by atoms with Gasteiger partial charge in [-0.05, 0) is 109 Å². The quantitative estimate of drug-likeness (QED) is 0.170. The Morgan fingerprint density at radius 2 is 1.40 bits per heavy atom. The van der Waals surface area contributed by atoms with E-state index in [9.17, 15) is 9.59 Å². The monoisotopic (exact) mass is 623 g/mol. The molecule has 5 aliphatic carbocycles. The third kappa shape index (κ3) is 6.16. The Bertz CT molecular complexity index is 1130. The Kier molecular flexibility index (Phi) is 9.95. The van der Waals surface area contributed by atoms with Crippen molar-refractivity contribution in [3.63, 3.8) is 0 Å². The second-order valence-corrected chi connectivity index (χ2v) is 19.3. The zero-order valence-electron chi connectivity index (χ0n) is 31.0. The first kappa shape index (κ1) is 35.2. The lowest BCUT2D eigenvalue weighted by molar-refractivity contribution is -0.211. The fourth-order valence-corrected chi connectivity index (χ4v) is 12.3. The van der Waals surface area contributed by atoms with Gasteiger partial charge in [0.1, 0.15) is 6.10 Å². The average molecular weight is 623 g/mol. The fraction of sp³-hybridized carbons (Fsp3) is 0.905. The van der Waals surface area contributed by atoms with E-state index in [4.69, 9.17) is 4.74 Å². The van der Waals surface area contributed by atoms with Gasteiger partial charge in [-0.15, -0.1) is 0 Å². The van der Waals surface area contributed by atoms with E-state index in [0.717, 1.165) is 38.5 Å². The second kappa shape index (κ2) is 12.7. The van der Waals surface area contributed by atoms with Gasteiger partial charge in [0.15, 0.2) is 5.78 Å². The third-order valence-corrected chi connectivity index (χ3v) is 15.5. The normalized spacial score (nSPS) is 41.6. The van der Waals surface area contributed by atoms with E-state index in [1.165, 1.54) is 82.6 Å². The van der Waals surface area contributed by atoms with Crippen molar-refractivity contribution >= 4 is 11.8 Å². The third-order valence-electron chi connectivity index (χ3n) is 15.5. The number of carbonyl (C=O) groups excluding carboxylic acids is 2. The summed E-state index contributed by atoms with van der Waals surface area (Å²) in [6.07, 6.45) is 24.4. The molecule has 45 heavy (non-hydrogen) atoms. The molecular formula is C42H70O3. The largest absolute Gasteiger partial charge is 0.462 e. The topological polar surface area (TPSA) is 43.4 Å². The van der Waals surface area contributed by atoms with Crippen LogP contribution in [0.4, 0.5) is 0 Å². The van der Waals surface area contributed by atoms with Gasteiger partial charge in [0.25, 0.3) is 0 Å². The van der Waals surface area contributed by atoms with Crippen molar-refractivity contribution in [2.75, 3.05) is 0 Å². The molecule has 0 radical (unpaired) electrons. The van der Waals surface area contributed by atoms with Crippen molar-refractivity contribution in [3.8, 4) is 0 Å². The molecule has 0 aromatic carbocycles. The molecule has 0 spiro atoms. The van der Waals surface area contributed by atoms with Crippen molar-refractivity contribution in [1.82, 2.24) is 0 Å². The van der Waals surface area contributed by atoms with E-state index in [0.29, 0.717) is 34.9 Å². The summed E-state index contributed by atoms with van der Waals surface area (Å²) in [5.74, 6) is 1.38. The van der Waals surface area contributed by atoms with Crippen LogP contribution in [0, 0.1) is 50.2 Å². The number of rotatable bonds is 11. The van der Waals surface area contributed by atoms with Crippen LogP contribution in [0.2, 0.25) is 0 Å². The molecule has 0 unspecified atom stereocenters. The number of ketones is 1. The van der Waals surface area contributed by atoms with Gasteiger partial charge in [-0.1, -0.05) is 119 Å². The van der Waals surface area contributed by atoms with Crippen molar-refractivity contribution in [2.24, 2.45) is 50.2 Å². The molecule has 0 saturated heterocycles. The van der Waals surface area contributed by atoms with Gasteiger partial charge in [-0.25, -0.2) is 0 Å². The van der Waals surface area contributed by atoms with E-state index in [2.05, 4.69) is 68.4 Å². The van der Waals surface area contributed by atoms with E-state index in [1.54, 1.807) is 0 Å². The van der Waals surface area contributed by atoms with Crippen LogP contribution >= 0.6 is 0 Å². The zero-order valence-corrected chi connectivity index (χ0v) is 31.0. The molecule has 256 valence electrons. The first-order valence-electron chi connectivity index (χ1n) is 19.5. The minimum absolute atomic E-state index is 0.00485. The van der Waals surface area contributed by atoms with Crippen molar-refractivity contribution < 1.29 is 14.3 Å². The summed E-state index contributed by atoms with van der Waals surface area (Å²) >= 11 is 0. The first-order valence-corrected chi connectivity index (χ1v) is 19.5. The molecular weight excluding hydrogens is 552 g/mol. The van der Waals surface area contributed by atoms with Gasteiger partial charge in [-0.2, -0.15) is 0 Å². The molecule has 3 heteroatoms. The molecule has 0 aliphatic heterocycles. The molecule has 4 fully saturated rings. The van der Waals surface area contributed by atoms with Crippen LogP contribution in [0.25, 0.3) is 0 Å². The minimum Gasteiger partial charge on any atom is -0.462 e. The highest BCUT2D eigenvalue weighted by atomic mass is 16.5. The number of allylic oxidation sites excluding steroid dienone is 2. The van der Waals surface area contributed by atoms with Gasteiger partial charge in [0.2, 0.25) is 0 Å². The van der Waals surface area contributed by atoms with Crippen molar-refractivity contribution in [3.05, 3.63) is 11.6 Å². The SMILES string of the molecule is CCCCCCCCCCCC(=O)O[C@H]1CC[C@]2(C)[C@H]3C(=O)C=C4[C@@H]5CC(C)(C)CC[C@]5(C)CC[C@@]4(C)[C@]3(C)CC[C@H]2C1(C)C. The summed E-state index contributed by atoms with van der Waals surface area (Å²) in [6, 6.07) is 0. The molecule has 0 aromatic heterocycles. The summed E-state index contributed by atoms with van der Waals surface area (Å²) in [7, 11) is 0. The number of ether oxygens (including phenoxy) is 1. The maximum atomic E-state index is 14.6. The van der Waals surface area contributed by atoms with Gasteiger partial charge in [0, 0.05) is 17.8 Å². The number of carbonyl (C=O) groups is 2. The van der Waals surface area contributed by atoms with E-state index >= 15 is 0 Å². The second-order valence-electron chi connectivity index (χ2n) is 19.3. The predicted molar refractivity (Wildman–Crippen MR) is 187 cm³/mol. The number of esters is 1. The molecule has 8 atom stereocenters. The molecule has 3 nitrogen and oxygen atoms in total. The highest BCUT2D eigenvalue weighted by Gasteiger charge is 2.70. The Morgan fingerprint density at radius 3 is 2.07 bits per heavy atom. The molecule has 0 amide bonds. The molecule has 0 aromatic rings. The average Bonchev–Trinajstić information content (AvgIpc) is 2.95. The van der Waals surface area contributed by atoms with Gasteiger partial charge >= 0.3 is 5.97 Å². The molecule has 0 bridgehead atoms. The van der Waals surface area contributed by atoms with Crippen molar-refractivity contribution in [1.29, 1.82) is 0 Å². The minimum atomic E-state index is -0.133. The maximum absolute atomic E-state index is 14.6. The highest BCUT2D eigenvalue weighted by Crippen LogP contribution is 2.75. The van der Waals surface area contributed by atoms with Crippen LogP contribution in [0.5, 0.6) is 0 Å². The van der Waals surface area contributed by atoms with E-state index in [-0.39, 0.29) is 39.7 Å². The zero-order chi connectivity index (χ0) is 32.9. The highest BCUT2D eigenvalue weighted by molar-refractivity contribution is 5.95. The predicted octanol–water partition coefficient (Wildman–Crippen LogP) is 11.8. The smallest absolute Gasteiger partial charge is 0.306 e. The van der Waals surface area contributed by atoms with Gasteiger partial charge < -0.3 is 4.74 Å². The van der Waals surface area contributed by atoms with E-state index < -0.39 is 0 Å². The number of fused-ring (bicyclic) bond motifs is 7. The van der Waals surface area contributed by atoms with Crippen LogP contribution in [0.3, 0.4) is 0 Å². The summed E-state index contributed by atoms with van der Waals surface area (Å²) in [6.45, 7) is 21.9. The van der Waals surface area contributed by atoms with Crippen molar-refractivity contribution in [2.45, 2.75) is 190 Å².